The maximum atomic E-state index is 11.3. The molecule has 0 bridgehead atoms. The van der Waals surface area contributed by atoms with Gasteiger partial charge < -0.3 is 10.5 Å². The van der Waals surface area contributed by atoms with Gasteiger partial charge in [0.05, 0.1) is 6.42 Å². The van der Waals surface area contributed by atoms with Crippen molar-refractivity contribution in [1.29, 1.82) is 0 Å². The summed E-state index contributed by atoms with van der Waals surface area (Å²) in [7, 11) is 0. The smallest absolute Gasteiger partial charge is 0.307 e. The Balaban J connectivity index is 3.55. The van der Waals surface area contributed by atoms with Crippen LogP contribution >= 0.6 is 11.8 Å². The molecule has 2 N–H and O–H groups in total. The topological polar surface area (TPSA) is 52.3 Å². The number of carbonyl (C=O) groups excluding carboxylic acids is 1. The Hall–Kier alpha value is -0.220. The zero-order valence-corrected chi connectivity index (χ0v) is 11.0. The van der Waals surface area contributed by atoms with Crippen LogP contribution in [0.3, 0.4) is 0 Å². The van der Waals surface area contributed by atoms with Gasteiger partial charge in [0, 0.05) is 11.0 Å². The van der Waals surface area contributed by atoms with E-state index in [0.29, 0.717) is 18.2 Å². The third-order valence-corrected chi connectivity index (χ3v) is 2.95. The van der Waals surface area contributed by atoms with Crippen LogP contribution in [-0.2, 0) is 9.53 Å². The minimum absolute atomic E-state index is 0.116. The van der Waals surface area contributed by atoms with E-state index in [2.05, 4.69) is 6.92 Å². The molecule has 90 valence electrons. The molecular formula is C11H23NO2S. The van der Waals surface area contributed by atoms with E-state index in [1.165, 1.54) is 0 Å². The number of esters is 1. The molecule has 1 unspecified atom stereocenters. The first-order valence-electron chi connectivity index (χ1n) is 5.38. The van der Waals surface area contributed by atoms with Gasteiger partial charge in [-0.25, -0.2) is 0 Å². The molecule has 0 aromatic carbocycles. The SMILES string of the molecule is CC(CCN)SCCC(=O)OC(C)(C)C. The molecule has 1 atom stereocenters. The number of rotatable bonds is 6. The Bertz CT molecular complexity index is 190. The molecule has 0 spiro atoms. The van der Waals surface area contributed by atoms with E-state index in [1.807, 2.05) is 20.8 Å². The molecule has 0 fully saturated rings. The van der Waals surface area contributed by atoms with Crippen LogP contribution in [0.1, 0.15) is 40.5 Å². The van der Waals surface area contributed by atoms with E-state index >= 15 is 0 Å². The first kappa shape index (κ1) is 14.8. The summed E-state index contributed by atoms with van der Waals surface area (Å²) in [5.41, 5.74) is 5.07. The van der Waals surface area contributed by atoms with Crippen molar-refractivity contribution in [3.8, 4) is 0 Å². The molecule has 0 aromatic heterocycles. The van der Waals surface area contributed by atoms with Gasteiger partial charge in [-0.15, -0.1) is 0 Å². The molecule has 3 nitrogen and oxygen atoms in total. The van der Waals surface area contributed by atoms with E-state index < -0.39 is 0 Å². The predicted octanol–water partition coefficient (Wildman–Crippen LogP) is 2.19. The van der Waals surface area contributed by atoms with Crippen LogP contribution in [0.15, 0.2) is 0 Å². The average Bonchev–Trinajstić information content (AvgIpc) is 2.00. The zero-order chi connectivity index (χ0) is 11.9. The van der Waals surface area contributed by atoms with Gasteiger partial charge in [0.2, 0.25) is 0 Å². The summed E-state index contributed by atoms with van der Waals surface area (Å²) in [6.45, 7) is 8.49. The van der Waals surface area contributed by atoms with Crippen LogP contribution < -0.4 is 5.73 Å². The van der Waals surface area contributed by atoms with Gasteiger partial charge in [-0.1, -0.05) is 6.92 Å². The fourth-order valence-corrected chi connectivity index (χ4v) is 2.04. The Morgan fingerprint density at radius 3 is 2.53 bits per heavy atom. The van der Waals surface area contributed by atoms with Crippen molar-refractivity contribution in [1.82, 2.24) is 0 Å². The first-order valence-corrected chi connectivity index (χ1v) is 6.43. The number of ether oxygens (including phenoxy) is 1. The van der Waals surface area contributed by atoms with Gasteiger partial charge in [-0.3, -0.25) is 4.79 Å². The third-order valence-electron chi connectivity index (χ3n) is 1.70. The minimum Gasteiger partial charge on any atom is -0.460 e. The molecule has 4 heteroatoms. The Kier molecular flexibility index (Phi) is 7.02. The molecule has 15 heavy (non-hydrogen) atoms. The highest BCUT2D eigenvalue weighted by atomic mass is 32.2. The number of hydrogen-bond donors (Lipinski definition) is 1. The Labute approximate surface area is 97.1 Å². The molecule has 0 amide bonds. The molecule has 0 radical (unpaired) electrons. The molecule has 0 aliphatic carbocycles. The van der Waals surface area contributed by atoms with Gasteiger partial charge in [0.25, 0.3) is 0 Å². The van der Waals surface area contributed by atoms with Crippen molar-refractivity contribution >= 4 is 17.7 Å². The predicted molar refractivity (Wildman–Crippen MR) is 66.1 cm³/mol. The van der Waals surface area contributed by atoms with Crippen LogP contribution in [0.5, 0.6) is 0 Å². The Morgan fingerprint density at radius 2 is 2.07 bits per heavy atom. The van der Waals surface area contributed by atoms with Gasteiger partial charge in [-0.05, 0) is 33.7 Å². The number of carbonyl (C=O) groups is 1. The second-order valence-corrected chi connectivity index (χ2v) is 6.14. The van der Waals surface area contributed by atoms with Crippen LogP contribution in [-0.4, -0.2) is 29.1 Å². The summed E-state index contributed by atoms with van der Waals surface area (Å²) in [5.74, 6) is 0.700. The maximum Gasteiger partial charge on any atom is 0.307 e. The summed E-state index contributed by atoms with van der Waals surface area (Å²) in [6, 6.07) is 0. The van der Waals surface area contributed by atoms with Gasteiger partial charge in [0.1, 0.15) is 5.60 Å². The second kappa shape index (κ2) is 7.12. The molecule has 0 heterocycles. The van der Waals surface area contributed by atoms with Gasteiger partial charge in [-0.2, -0.15) is 11.8 Å². The monoisotopic (exact) mass is 233 g/mol. The van der Waals surface area contributed by atoms with Crippen molar-refractivity contribution in [3.05, 3.63) is 0 Å². The lowest BCUT2D eigenvalue weighted by Crippen LogP contribution is -2.24. The lowest BCUT2D eigenvalue weighted by molar-refractivity contribution is -0.154. The highest BCUT2D eigenvalue weighted by molar-refractivity contribution is 7.99. The van der Waals surface area contributed by atoms with Gasteiger partial charge in [0.15, 0.2) is 0 Å². The normalized spacial score (nSPS) is 13.7. The summed E-state index contributed by atoms with van der Waals surface area (Å²) in [4.78, 5) is 11.3. The fraction of sp³-hybridized carbons (Fsp3) is 0.909. The average molecular weight is 233 g/mol. The van der Waals surface area contributed by atoms with Crippen LogP contribution in [0.2, 0.25) is 0 Å². The molecule has 0 rings (SSSR count). The van der Waals surface area contributed by atoms with Crippen LogP contribution in [0, 0.1) is 0 Å². The molecule has 0 aromatic rings. The summed E-state index contributed by atoms with van der Waals surface area (Å²) >= 11 is 1.77. The summed E-state index contributed by atoms with van der Waals surface area (Å²) in [5, 5.41) is 0.525. The van der Waals surface area contributed by atoms with Crippen molar-refractivity contribution in [2.45, 2.75) is 51.4 Å². The molecule has 0 saturated heterocycles. The largest absolute Gasteiger partial charge is 0.460 e. The molecule has 0 saturated carbocycles. The van der Waals surface area contributed by atoms with Crippen molar-refractivity contribution in [2.24, 2.45) is 5.73 Å². The summed E-state index contributed by atoms with van der Waals surface area (Å²) < 4.78 is 5.20. The lowest BCUT2D eigenvalue weighted by atomic mass is 10.2. The molecule has 0 aliphatic rings. The van der Waals surface area contributed by atoms with E-state index in [9.17, 15) is 4.79 Å². The van der Waals surface area contributed by atoms with Gasteiger partial charge >= 0.3 is 5.97 Å². The van der Waals surface area contributed by atoms with E-state index in [-0.39, 0.29) is 11.6 Å². The highest BCUT2D eigenvalue weighted by Crippen LogP contribution is 2.16. The number of nitrogens with two attached hydrogens (primary N) is 1. The number of hydrogen-bond acceptors (Lipinski definition) is 4. The zero-order valence-electron chi connectivity index (χ0n) is 10.2. The highest BCUT2D eigenvalue weighted by Gasteiger charge is 2.15. The fourth-order valence-electron chi connectivity index (χ4n) is 1.05. The van der Waals surface area contributed by atoms with Crippen LogP contribution in [0.4, 0.5) is 0 Å². The van der Waals surface area contributed by atoms with E-state index in [4.69, 9.17) is 10.5 Å². The molecular weight excluding hydrogens is 210 g/mol. The van der Waals surface area contributed by atoms with E-state index in [0.717, 1.165) is 12.2 Å². The van der Waals surface area contributed by atoms with Crippen molar-refractivity contribution in [3.63, 3.8) is 0 Å². The van der Waals surface area contributed by atoms with Crippen LogP contribution in [0.25, 0.3) is 0 Å². The maximum absolute atomic E-state index is 11.3. The first-order chi connectivity index (χ1) is 6.85. The molecule has 0 aliphatic heterocycles. The minimum atomic E-state index is -0.370. The number of thioether (sulfide) groups is 1. The Morgan fingerprint density at radius 1 is 1.47 bits per heavy atom. The quantitative estimate of drug-likeness (QED) is 0.715. The van der Waals surface area contributed by atoms with E-state index in [1.54, 1.807) is 11.8 Å². The second-order valence-electron chi connectivity index (χ2n) is 4.60. The lowest BCUT2D eigenvalue weighted by Gasteiger charge is -2.19. The van der Waals surface area contributed by atoms with Crippen molar-refractivity contribution < 1.29 is 9.53 Å². The third kappa shape index (κ3) is 10.1. The summed E-state index contributed by atoms with van der Waals surface area (Å²) in [6.07, 6.45) is 1.48. The standard InChI is InChI=1S/C11H23NO2S/c1-9(5-7-12)15-8-6-10(13)14-11(2,3)4/h9H,5-8,12H2,1-4H3. The van der Waals surface area contributed by atoms with Crippen molar-refractivity contribution in [2.75, 3.05) is 12.3 Å².